The molecular weight excluding hydrogens is 500 g/mol. The Morgan fingerprint density at radius 3 is 2.23 bits per heavy atom. The quantitative estimate of drug-likeness (QED) is 0.319. The first-order valence-electron chi connectivity index (χ1n) is 13.0. The fourth-order valence-corrected chi connectivity index (χ4v) is 4.24. The maximum absolute atomic E-state index is 13.6. The molecule has 2 amide bonds. The van der Waals surface area contributed by atoms with Crippen molar-refractivity contribution >= 4 is 34.4 Å². The Labute approximate surface area is 228 Å². The third kappa shape index (κ3) is 6.45. The summed E-state index contributed by atoms with van der Waals surface area (Å²) in [6.45, 7) is 12.4. The molecule has 0 aliphatic rings. The molecule has 210 valence electrons. The molecular formula is C29H38N4O6. The van der Waals surface area contributed by atoms with Crippen molar-refractivity contribution in [3.05, 3.63) is 47.2 Å². The van der Waals surface area contributed by atoms with Crippen LogP contribution in [0.4, 0.5) is 10.6 Å². The highest BCUT2D eigenvalue weighted by Crippen LogP contribution is 2.40. The zero-order valence-electron chi connectivity index (χ0n) is 23.7. The molecule has 3 aromatic rings. The van der Waals surface area contributed by atoms with Crippen LogP contribution < -0.4 is 30.6 Å². The minimum atomic E-state index is -0.600. The van der Waals surface area contributed by atoms with E-state index in [9.17, 15) is 14.4 Å². The highest BCUT2D eigenvalue weighted by atomic mass is 16.6. The molecule has 0 aliphatic heterocycles. The lowest BCUT2D eigenvalue weighted by Crippen LogP contribution is -2.28. The van der Waals surface area contributed by atoms with Crippen LogP contribution in [0.1, 0.15) is 67.8 Å². The number of amides is 2. The van der Waals surface area contributed by atoms with Crippen LogP contribution in [0.5, 0.6) is 17.2 Å². The van der Waals surface area contributed by atoms with Gasteiger partial charge in [-0.3, -0.25) is 9.59 Å². The number of aromatic nitrogens is 1. The molecule has 39 heavy (non-hydrogen) atoms. The molecule has 0 saturated heterocycles. The van der Waals surface area contributed by atoms with Gasteiger partial charge in [0.05, 0.1) is 25.3 Å². The second-order valence-electron chi connectivity index (χ2n) is 9.97. The lowest BCUT2D eigenvalue weighted by atomic mass is 9.84. The normalized spacial score (nSPS) is 11.3. The van der Waals surface area contributed by atoms with Crippen LogP contribution in [0.2, 0.25) is 0 Å². The number of ether oxygens (including phenoxy) is 3. The predicted octanol–water partition coefficient (Wildman–Crippen LogP) is 4.67. The van der Waals surface area contributed by atoms with Gasteiger partial charge in [-0.05, 0) is 50.5 Å². The number of hydrogen-bond donors (Lipinski definition) is 3. The van der Waals surface area contributed by atoms with Crippen LogP contribution in [0, 0.1) is 0 Å². The smallest absolute Gasteiger partial charge is 0.412 e. The van der Waals surface area contributed by atoms with Crippen LogP contribution in [0.15, 0.2) is 30.5 Å². The molecule has 10 nitrogen and oxygen atoms in total. The third-order valence-electron chi connectivity index (χ3n) is 6.12. The van der Waals surface area contributed by atoms with Crippen molar-refractivity contribution in [3.8, 4) is 17.2 Å². The number of ketones is 1. The number of rotatable bonds is 10. The van der Waals surface area contributed by atoms with Gasteiger partial charge in [0.15, 0.2) is 17.3 Å². The molecule has 0 fully saturated rings. The molecule has 1 aromatic heterocycles. The highest BCUT2D eigenvalue weighted by molar-refractivity contribution is 6.05. The van der Waals surface area contributed by atoms with Crippen LogP contribution in [-0.2, 0) is 12.0 Å². The first-order chi connectivity index (χ1) is 18.4. The lowest BCUT2D eigenvalue weighted by molar-refractivity contribution is 0.0955. The number of anilines is 1. The number of nitrogen functional groups attached to an aromatic ring is 1. The average Bonchev–Trinajstić information content (AvgIpc) is 3.17. The second kappa shape index (κ2) is 12.1. The van der Waals surface area contributed by atoms with E-state index in [0.29, 0.717) is 59.2 Å². The molecule has 0 atom stereocenters. The molecule has 0 spiro atoms. The molecule has 0 saturated carbocycles. The Kier molecular flexibility index (Phi) is 9.11. The van der Waals surface area contributed by atoms with Crippen LogP contribution in [0.25, 0.3) is 10.8 Å². The monoisotopic (exact) mass is 538 g/mol. The summed E-state index contributed by atoms with van der Waals surface area (Å²) in [4.78, 5) is 38.3. The number of carbonyl (C=O) groups excluding carboxylic acids is 3. The molecule has 10 heteroatoms. The van der Waals surface area contributed by atoms with Crippen molar-refractivity contribution in [2.75, 3.05) is 32.5 Å². The summed E-state index contributed by atoms with van der Waals surface area (Å²) in [5.74, 6) is 0.867. The second-order valence-corrected chi connectivity index (χ2v) is 9.97. The van der Waals surface area contributed by atoms with Crippen LogP contribution in [0.3, 0.4) is 0 Å². The lowest BCUT2D eigenvalue weighted by Gasteiger charge is -2.25. The number of nitrogens with zero attached hydrogens (tertiary/aromatic N) is 1. The highest BCUT2D eigenvalue weighted by Gasteiger charge is 2.27. The number of hydrogen-bond acceptors (Lipinski definition) is 7. The Balaban J connectivity index is 2.06. The summed E-state index contributed by atoms with van der Waals surface area (Å²) in [5.41, 5.74) is 7.39. The Bertz CT molecular complexity index is 1390. The number of benzene rings is 2. The van der Waals surface area contributed by atoms with E-state index in [-0.39, 0.29) is 24.0 Å². The van der Waals surface area contributed by atoms with Crippen molar-refractivity contribution < 1.29 is 28.6 Å². The summed E-state index contributed by atoms with van der Waals surface area (Å²) < 4.78 is 18.7. The summed E-state index contributed by atoms with van der Waals surface area (Å²) in [6, 6.07) is 6.74. The number of nitrogens with one attached hydrogen (secondary N) is 2. The van der Waals surface area contributed by atoms with E-state index in [1.807, 2.05) is 34.6 Å². The maximum Gasteiger partial charge on any atom is 0.412 e. The van der Waals surface area contributed by atoms with Crippen molar-refractivity contribution in [3.63, 3.8) is 0 Å². The van der Waals surface area contributed by atoms with Gasteiger partial charge in [-0.25, -0.2) is 4.79 Å². The van der Waals surface area contributed by atoms with Gasteiger partial charge in [-0.15, -0.1) is 0 Å². The zero-order chi connectivity index (χ0) is 28.9. The fraction of sp³-hybridized carbons (Fsp3) is 0.414. The van der Waals surface area contributed by atoms with Gasteiger partial charge in [0.2, 0.25) is 0 Å². The molecule has 3 rings (SSSR count). The van der Waals surface area contributed by atoms with Gasteiger partial charge >= 0.3 is 6.09 Å². The maximum atomic E-state index is 13.6. The summed E-state index contributed by atoms with van der Waals surface area (Å²) in [5, 5.41) is 6.62. The number of Topliss-reactive ketones (excluding diaryl/α,β-unsaturated/α-hetero) is 1. The van der Waals surface area contributed by atoms with Gasteiger partial charge < -0.3 is 35.1 Å². The van der Waals surface area contributed by atoms with Crippen LogP contribution >= 0.6 is 0 Å². The van der Waals surface area contributed by atoms with Gasteiger partial charge in [0, 0.05) is 41.7 Å². The zero-order valence-corrected chi connectivity index (χ0v) is 23.7. The molecule has 4 N–H and O–H groups in total. The van der Waals surface area contributed by atoms with E-state index in [2.05, 4.69) is 10.6 Å². The molecule has 1 heterocycles. The van der Waals surface area contributed by atoms with E-state index >= 15 is 0 Å². The molecule has 0 bridgehead atoms. The Hall–Kier alpha value is -4.21. The summed E-state index contributed by atoms with van der Waals surface area (Å²) in [6.07, 6.45) is 1.16. The van der Waals surface area contributed by atoms with Crippen LogP contribution in [-0.4, -0.2) is 49.2 Å². The number of fused-ring (bicyclic) bond motifs is 1. The standard InChI is InChI=1S/C29H38N4O6/c1-8-32-28(36)39-25-21(29(4,5)6)11-17(12-24(25)38-10-3)22(34)16-33-15-18-13-23(37-9-2)20(27(35)31-7)14-19(18)26(33)30/h11-15H,8-10,16,30H2,1-7H3,(H,31,35)(H,32,36). The first-order valence-corrected chi connectivity index (χ1v) is 13.0. The predicted molar refractivity (Wildman–Crippen MR) is 151 cm³/mol. The number of nitrogens with two attached hydrogens (primary N) is 1. The van der Waals surface area contributed by atoms with Gasteiger partial charge in [0.25, 0.3) is 5.91 Å². The molecule has 0 radical (unpaired) electrons. The summed E-state index contributed by atoms with van der Waals surface area (Å²) >= 11 is 0. The van der Waals surface area contributed by atoms with Crippen molar-refractivity contribution in [1.82, 2.24) is 15.2 Å². The van der Waals surface area contributed by atoms with Crippen molar-refractivity contribution in [2.45, 2.75) is 53.5 Å². The minimum absolute atomic E-state index is 0.0501. The SMILES string of the molecule is CCNC(=O)Oc1c(OCC)cc(C(=O)Cn2cc3cc(OCC)c(C(=O)NC)cc3c2N)cc1C(C)(C)C. The third-order valence-corrected chi connectivity index (χ3v) is 6.12. The fourth-order valence-electron chi connectivity index (χ4n) is 4.24. The van der Waals surface area contributed by atoms with Crippen molar-refractivity contribution in [1.29, 1.82) is 0 Å². The Morgan fingerprint density at radius 1 is 0.974 bits per heavy atom. The van der Waals surface area contributed by atoms with E-state index in [1.165, 1.54) is 0 Å². The van der Waals surface area contributed by atoms with E-state index < -0.39 is 11.5 Å². The van der Waals surface area contributed by atoms with E-state index in [4.69, 9.17) is 19.9 Å². The summed E-state index contributed by atoms with van der Waals surface area (Å²) in [7, 11) is 1.55. The van der Waals surface area contributed by atoms with E-state index in [0.717, 1.165) is 5.39 Å². The van der Waals surface area contributed by atoms with Gasteiger partial charge in [-0.2, -0.15) is 0 Å². The van der Waals surface area contributed by atoms with Gasteiger partial charge in [-0.1, -0.05) is 20.8 Å². The topological polar surface area (TPSA) is 134 Å². The van der Waals surface area contributed by atoms with Crippen molar-refractivity contribution in [2.24, 2.45) is 0 Å². The number of carbonyl (C=O) groups is 3. The molecule has 2 aromatic carbocycles. The first kappa shape index (κ1) is 29.3. The minimum Gasteiger partial charge on any atom is -0.493 e. The molecule has 0 aliphatic carbocycles. The Morgan fingerprint density at radius 2 is 1.64 bits per heavy atom. The molecule has 0 unspecified atom stereocenters. The van der Waals surface area contributed by atoms with E-state index in [1.54, 1.807) is 49.0 Å². The largest absolute Gasteiger partial charge is 0.493 e. The van der Waals surface area contributed by atoms with Gasteiger partial charge in [0.1, 0.15) is 11.6 Å². The average molecular weight is 539 g/mol.